The van der Waals surface area contributed by atoms with E-state index in [1.54, 1.807) is 7.11 Å². The highest BCUT2D eigenvalue weighted by Gasteiger charge is 2.17. The first-order valence-electron chi connectivity index (χ1n) is 9.18. The van der Waals surface area contributed by atoms with Gasteiger partial charge >= 0.3 is 0 Å². The zero-order chi connectivity index (χ0) is 17.8. The van der Waals surface area contributed by atoms with Crippen LogP contribution in [0.4, 0.5) is 5.95 Å². The second-order valence-electron chi connectivity index (χ2n) is 6.55. The Morgan fingerprint density at radius 2 is 1.50 bits per heavy atom. The number of hydrogen-bond acceptors (Lipinski definition) is 4. The summed E-state index contributed by atoms with van der Waals surface area (Å²) in [7, 11) is 1.70. The molecular weight excluding hydrogens is 322 g/mol. The first kappa shape index (κ1) is 16.6. The normalized spacial score (nSPS) is 14.3. The molecule has 0 atom stereocenters. The summed E-state index contributed by atoms with van der Waals surface area (Å²) in [6.45, 7) is 2.03. The van der Waals surface area contributed by atoms with E-state index in [1.807, 2.05) is 36.4 Å². The average Bonchev–Trinajstić information content (AvgIpc) is 2.74. The maximum atomic E-state index is 5.56. The van der Waals surface area contributed by atoms with E-state index in [2.05, 4.69) is 29.2 Å². The van der Waals surface area contributed by atoms with Gasteiger partial charge in [-0.3, -0.25) is 0 Å². The topological polar surface area (TPSA) is 38.2 Å². The molecular formula is C22H23N3O. The molecule has 2 aromatic carbocycles. The van der Waals surface area contributed by atoms with Crippen LogP contribution in [0.1, 0.15) is 19.3 Å². The summed E-state index contributed by atoms with van der Waals surface area (Å²) in [5, 5.41) is 0. The third-order valence-corrected chi connectivity index (χ3v) is 4.81. The lowest BCUT2D eigenvalue weighted by Crippen LogP contribution is -2.31. The largest absolute Gasteiger partial charge is 0.496 e. The monoisotopic (exact) mass is 345 g/mol. The molecule has 0 N–H and O–H groups in total. The molecule has 132 valence electrons. The molecule has 0 bridgehead atoms. The molecule has 4 nitrogen and oxygen atoms in total. The number of ether oxygens (including phenoxy) is 1. The highest BCUT2D eigenvalue weighted by atomic mass is 16.5. The van der Waals surface area contributed by atoms with Crippen LogP contribution in [0.5, 0.6) is 5.75 Å². The van der Waals surface area contributed by atoms with Gasteiger partial charge in [0.2, 0.25) is 5.95 Å². The molecule has 1 aromatic heterocycles. The lowest BCUT2D eigenvalue weighted by molar-refractivity contribution is 0.416. The lowest BCUT2D eigenvalue weighted by Gasteiger charge is -2.27. The molecule has 1 aliphatic heterocycles. The van der Waals surface area contributed by atoms with E-state index < -0.39 is 0 Å². The Bertz CT molecular complexity index is 874. The molecule has 3 aromatic rings. The quantitative estimate of drug-likeness (QED) is 0.680. The molecule has 4 rings (SSSR count). The molecule has 0 spiro atoms. The first-order valence-corrected chi connectivity index (χ1v) is 9.18. The highest BCUT2D eigenvalue weighted by molar-refractivity contribution is 5.73. The van der Waals surface area contributed by atoms with Crippen molar-refractivity contribution in [3.8, 4) is 28.3 Å². The van der Waals surface area contributed by atoms with E-state index in [9.17, 15) is 0 Å². The molecule has 1 aliphatic rings. The highest BCUT2D eigenvalue weighted by Crippen LogP contribution is 2.32. The molecule has 1 fully saturated rings. The van der Waals surface area contributed by atoms with Gasteiger partial charge in [-0.2, -0.15) is 0 Å². The number of anilines is 1. The Morgan fingerprint density at radius 1 is 0.808 bits per heavy atom. The van der Waals surface area contributed by atoms with E-state index in [1.165, 1.54) is 19.3 Å². The van der Waals surface area contributed by atoms with Crippen molar-refractivity contribution in [2.75, 3.05) is 25.1 Å². The van der Waals surface area contributed by atoms with Gasteiger partial charge in [0.05, 0.1) is 18.5 Å². The van der Waals surface area contributed by atoms with Crippen LogP contribution in [0.15, 0.2) is 60.7 Å². The maximum Gasteiger partial charge on any atom is 0.226 e. The number of piperidine rings is 1. The van der Waals surface area contributed by atoms with Crippen LogP contribution in [0.2, 0.25) is 0 Å². The molecule has 0 saturated carbocycles. The van der Waals surface area contributed by atoms with Crippen LogP contribution in [0.25, 0.3) is 22.5 Å². The van der Waals surface area contributed by atoms with Gasteiger partial charge in [-0.25, -0.2) is 9.97 Å². The number of nitrogens with zero attached hydrogens (tertiary/aromatic N) is 3. The van der Waals surface area contributed by atoms with Crippen molar-refractivity contribution in [1.29, 1.82) is 0 Å². The van der Waals surface area contributed by atoms with Gasteiger partial charge in [-0.05, 0) is 37.5 Å². The molecule has 4 heteroatoms. The van der Waals surface area contributed by atoms with Crippen LogP contribution >= 0.6 is 0 Å². The SMILES string of the molecule is COc1ccccc1-c1cc(-c2ccccc2)nc(N2CCCCC2)n1. The molecule has 26 heavy (non-hydrogen) atoms. The van der Waals surface area contributed by atoms with E-state index in [4.69, 9.17) is 14.7 Å². The zero-order valence-corrected chi connectivity index (χ0v) is 15.1. The van der Waals surface area contributed by atoms with E-state index in [0.29, 0.717) is 0 Å². The second-order valence-corrected chi connectivity index (χ2v) is 6.55. The first-order chi connectivity index (χ1) is 12.8. The van der Waals surface area contributed by atoms with Crippen LogP contribution in [0, 0.1) is 0 Å². The number of hydrogen-bond donors (Lipinski definition) is 0. The van der Waals surface area contributed by atoms with E-state index in [-0.39, 0.29) is 0 Å². The standard InChI is InChI=1S/C22H23N3O/c1-26-21-13-7-6-12-18(21)20-16-19(17-10-4-2-5-11-17)23-22(24-20)25-14-8-3-9-15-25/h2,4-7,10-13,16H,3,8-9,14-15H2,1H3. The summed E-state index contributed by atoms with van der Waals surface area (Å²) in [6.07, 6.45) is 3.68. The van der Waals surface area contributed by atoms with Crippen LogP contribution in [0.3, 0.4) is 0 Å². The summed E-state index contributed by atoms with van der Waals surface area (Å²) in [5.74, 6) is 1.64. The minimum atomic E-state index is 0.812. The Hall–Kier alpha value is -2.88. The van der Waals surface area contributed by atoms with Crippen molar-refractivity contribution in [3.05, 3.63) is 60.7 Å². The summed E-state index contributed by atoms with van der Waals surface area (Å²) in [5.41, 5.74) is 3.94. The number of rotatable bonds is 4. The Morgan fingerprint density at radius 3 is 2.27 bits per heavy atom. The number of para-hydroxylation sites is 1. The van der Waals surface area contributed by atoms with Crippen LogP contribution < -0.4 is 9.64 Å². The van der Waals surface area contributed by atoms with Crippen LogP contribution in [-0.2, 0) is 0 Å². The summed E-state index contributed by atoms with van der Waals surface area (Å²) >= 11 is 0. The Labute approximate surface area is 154 Å². The minimum absolute atomic E-state index is 0.812. The Balaban J connectivity index is 1.85. The third-order valence-electron chi connectivity index (χ3n) is 4.81. The van der Waals surface area contributed by atoms with Gasteiger partial charge in [0.25, 0.3) is 0 Å². The van der Waals surface area contributed by atoms with Crippen molar-refractivity contribution in [2.24, 2.45) is 0 Å². The molecule has 0 radical (unpaired) electrons. The lowest BCUT2D eigenvalue weighted by atomic mass is 10.1. The minimum Gasteiger partial charge on any atom is -0.496 e. The molecule has 1 saturated heterocycles. The maximum absolute atomic E-state index is 5.56. The van der Waals surface area contributed by atoms with Crippen molar-refractivity contribution >= 4 is 5.95 Å². The molecule has 0 unspecified atom stereocenters. The van der Waals surface area contributed by atoms with E-state index in [0.717, 1.165) is 47.3 Å². The van der Waals surface area contributed by atoms with Crippen molar-refractivity contribution in [2.45, 2.75) is 19.3 Å². The van der Waals surface area contributed by atoms with Gasteiger partial charge in [0.15, 0.2) is 0 Å². The fraction of sp³-hybridized carbons (Fsp3) is 0.273. The fourth-order valence-electron chi connectivity index (χ4n) is 3.42. The van der Waals surface area contributed by atoms with Gasteiger partial charge in [0.1, 0.15) is 5.75 Å². The number of methoxy groups -OCH3 is 1. The Kier molecular flexibility index (Phi) is 4.82. The van der Waals surface area contributed by atoms with Gasteiger partial charge in [-0.1, -0.05) is 42.5 Å². The van der Waals surface area contributed by atoms with Crippen molar-refractivity contribution in [3.63, 3.8) is 0 Å². The van der Waals surface area contributed by atoms with Crippen LogP contribution in [-0.4, -0.2) is 30.2 Å². The summed E-state index contributed by atoms with van der Waals surface area (Å²) < 4.78 is 5.56. The summed E-state index contributed by atoms with van der Waals surface area (Å²) in [4.78, 5) is 12.1. The van der Waals surface area contributed by atoms with Gasteiger partial charge in [0, 0.05) is 24.2 Å². The second kappa shape index (κ2) is 7.56. The molecule has 0 amide bonds. The molecule has 2 heterocycles. The molecule has 0 aliphatic carbocycles. The zero-order valence-electron chi connectivity index (χ0n) is 15.1. The van der Waals surface area contributed by atoms with Crippen molar-refractivity contribution in [1.82, 2.24) is 9.97 Å². The number of benzene rings is 2. The van der Waals surface area contributed by atoms with E-state index >= 15 is 0 Å². The summed E-state index contributed by atoms with van der Waals surface area (Å²) in [6, 6.07) is 20.4. The van der Waals surface area contributed by atoms with Gasteiger partial charge in [-0.15, -0.1) is 0 Å². The van der Waals surface area contributed by atoms with Gasteiger partial charge < -0.3 is 9.64 Å². The predicted molar refractivity (Wildman–Crippen MR) is 106 cm³/mol. The number of aromatic nitrogens is 2. The predicted octanol–water partition coefficient (Wildman–Crippen LogP) is 4.81. The smallest absolute Gasteiger partial charge is 0.226 e. The third kappa shape index (κ3) is 3.40. The average molecular weight is 345 g/mol. The fourth-order valence-corrected chi connectivity index (χ4v) is 3.42. The van der Waals surface area contributed by atoms with Crippen molar-refractivity contribution < 1.29 is 4.74 Å².